The number of halogens is 1. The Kier molecular flexibility index (Phi) is 3.06. The minimum Gasteiger partial charge on any atom is -0.314 e. The lowest BCUT2D eigenvalue weighted by Crippen LogP contribution is -2.43. The van der Waals surface area contributed by atoms with E-state index in [1.54, 1.807) is 0 Å². The van der Waals surface area contributed by atoms with E-state index in [4.69, 9.17) is 11.6 Å². The summed E-state index contributed by atoms with van der Waals surface area (Å²) in [5.74, 6) is 0. The quantitative estimate of drug-likeness (QED) is 0.762. The molecule has 1 aromatic carbocycles. The Hall–Kier alpha value is -0.570. The summed E-state index contributed by atoms with van der Waals surface area (Å²) in [5, 5.41) is 4.26. The van der Waals surface area contributed by atoms with Gasteiger partial charge in [0.05, 0.1) is 0 Å². The normalized spacial score (nSPS) is 23.7. The summed E-state index contributed by atoms with van der Waals surface area (Å²) >= 11 is 6.17. The van der Waals surface area contributed by atoms with Crippen LogP contribution in [0.25, 0.3) is 0 Å². The van der Waals surface area contributed by atoms with Gasteiger partial charge in [-0.25, -0.2) is 0 Å². The van der Waals surface area contributed by atoms with Gasteiger partial charge in [0.2, 0.25) is 0 Å². The minimum absolute atomic E-state index is 0.414. The lowest BCUT2D eigenvalue weighted by molar-refractivity contribution is 0.202. The average molecular weight is 211 g/mol. The van der Waals surface area contributed by atoms with Gasteiger partial charge in [0.25, 0.3) is 0 Å². The zero-order valence-corrected chi connectivity index (χ0v) is 9.09. The van der Waals surface area contributed by atoms with Crippen LogP contribution in [0.3, 0.4) is 0 Å². The standard InChI is InChI=1S/C11H15ClN2/c1-14-7-6-13-8-11(14)9-4-2-3-5-10(9)12/h2-5,11,13H,6-8H2,1H3/t11-/m0/s1. The zero-order valence-electron chi connectivity index (χ0n) is 8.33. The number of likely N-dealkylation sites (N-methyl/N-ethyl adjacent to an activating group) is 1. The Balaban J connectivity index is 2.25. The summed E-state index contributed by atoms with van der Waals surface area (Å²) in [4.78, 5) is 2.34. The van der Waals surface area contributed by atoms with E-state index < -0.39 is 0 Å². The Bertz CT molecular complexity index is 314. The van der Waals surface area contributed by atoms with Crippen molar-refractivity contribution in [2.24, 2.45) is 0 Å². The molecule has 1 aliphatic heterocycles. The molecule has 1 fully saturated rings. The number of piperazine rings is 1. The number of nitrogens with zero attached hydrogens (tertiary/aromatic N) is 1. The number of hydrogen-bond donors (Lipinski definition) is 1. The maximum absolute atomic E-state index is 6.17. The first-order chi connectivity index (χ1) is 6.79. The maximum atomic E-state index is 6.17. The fourth-order valence-electron chi connectivity index (χ4n) is 1.90. The number of rotatable bonds is 1. The van der Waals surface area contributed by atoms with Crippen LogP contribution in [0, 0.1) is 0 Å². The largest absolute Gasteiger partial charge is 0.314 e. The lowest BCUT2D eigenvalue weighted by atomic mass is 10.0. The van der Waals surface area contributed by atoms with E-state index in [9.17, 15) is 0 Å². The van der Waals surface area contributed by atoms with E-state index in [2.05, 4.69) is 23.3 Å². The predicted molar refractivity (Wildman–Crippen MR) is 59.7 cm³/mol. The summed E-state index contributed by atoms with van der Waals surface area (Å²) in [7, 11) is 2.15. The van der Waals surface area contributed by atoms with Crippen LogP contribution in [0.1, 0.15) is 11.6 Å². The summed E-state index contributed by atoms with van der Waals surface area (Å²) in [6, 6.07) is 8.50. The second-order valence-corrected chi connectivity index (χ2v) is 4.13. The molecule has 1 aliphatic rings. The zero-order chi connectivity index (χ0) is 9.97. The Morgan fingerprint density at radius 2 is 2.21 bits per heavy atom. The predicted octanol–water partition coefficient (Wildman–Crippen LogP) is 1.92. The number of benzene rings is 1. The highest BCUT2D eigenvalue weighted by Crippen LogP contribution is 2.26. The van der Waals surface area contributed by atoms with E-state index in [0.29, 0.717) is 6.04 Å². The first kappa shape index (κ1) is 9.97. The van der Waals surface area contributed by atoms with Crippen molar-refractivity contribution in [1.82, 2.24) is 10.2 Å². The summed E-state index contributed by atoms with van der Waals surface area (Å²) in [6.07, 6.45) is 0. The second-order valence-electron chi connectivity index (χ2n) is 3.72. The summed E-state index contributed by atoms with van der Waals surface area (Å²) in [6.45, 7) is 3.13. The smallest absolute Gasteiger partial charge is 0.0484 e. The van der Waals surface area contributed by atoms with Gasteiger partial charge in [-0.2, -0.15) is 0 Å². The van der Waals surface area contributed by atoms with Crippen molar-refractivity contribution in [3.8, 4) is 0 Å². The van der Waals surface area contributed by atoms with Gasteiger partial charge in [-0.15, -0.1) is 0 Å². The third-order valence-corrected chi connectivity index (χ3v) is 3.12. The second kappa shape index (κ2) is 4.30. The molecular weight excluding hydrogens is 196 g/mol. The molecule has 0 radical (unpaired) electrons. The van der Waals surface area contributed by atoms with Gasteiger partial charge in [-0.05, 0) is 18.7 Å². The van der Waals surface area contributed by atoms with Gasteiger partial charge in [0.1, 0.15) is 0 Å². The van der Waals surface area contributed by atoms with Crippen molar-refractivity contribution in [3.05, 3.63) is 34.9 Å². The van der Waals surface area contributed by atoms with Crippen molar-refractivity contribution in [3.63, 3.8) is 0 Å². The fraction of sp³-hybridized carbons (Fsp3) is 0.455. The first-order valence-electron chi connectivity index (χ1n) is 4.94. The van der Waals surface area contributed by atoms with Gasteiger partial charge in [0.15, 0.2) is 0 Å². The molecular formula is C11H15ClN2. The van der Waals surface area contributed by atoms with Gasteiger partial charge in [0, 0.05) is 30.7 Å². The monoisotopic (exact) mass is 210 g/mol. The Labute approximate surface area is 89.9 Å². The molecule has 1 atom stereocenters. The highest BCUT2D eigenvalue weighted by Gasteiger charge is 2.21. The van der Waals surface area contributed by atoms with E-state index in [0.717, 1.165) is 24.7 Å². The number of nitrogens with one attached hydrogen (secondary N) is 1. The third kappa shape index (κ3) is 1.92. The van der Waals surface area contributed by atoms with E-state index in [1.165, 1.54) is 5.56 Å². The molecule has 0 saturated carbocycles. The molecule has 3 heteroatoms. The van der Waals surface area contributed by atoms with Crippen LogP contribution < -0.4 is 5.32 Å². The SMILES string of the molecule is CN1CCNC[C@H]1c1ccccc1Cl. The molecule has 1 aromatic rings. The molecule has 0 spiro atoms. The molecule has 2 rings (SSSR count). The van der Waals surface area contributed by atoms with E-state index in [-0.39, 0.29) is 0 Å². The lowest BCUT2D eigenvalue weighted by Gasteiger charge is -2.33. The van der Waals surface area contributed by atoms with Crippen molar-refractivity contribution in [1.29, 1.82) is 0 Å². The molecule has 1 saturated heterocycles. The molecule has 0 amide bonds. The molecule has 1 heterocycles. The van der Waals surface area contributed by atoms with Crippen LogP contribution in [0.4, 0.5) is 0 Å². The van der Waals surface area contributed by atoms with Crippen LogP contribution in [0.2, 0.25) is 5.02 Å². The summed E-state index contributed by atoms with van der Waals surface area (Å²) in [5.41, 5.74) is 1.23. The van der Waals surface area contributed by atoms with Gasteiger partial charge >= 0.3 is 0 Å². The van der Waals surface area contributed by atoms with Crippen molar-refractivity contribution in [2.45, 2.75) is 6.04 Å². The molecule has 2 nitrogen and oxygen atoms in total. The van der Waals surface area contributed by atoms with E-state index >= 15 is 0 Å². The van der Waals surface area contributed by atoms with E-state index in [1.807, 2.05) is 18.2 Å². The topological polar surface area (TPSA) is 15.3 Å². The van der Waals surface area contributed by atoms with Crippen LogP contribution in [-0.2, 0) is 0 Å². The Morgan fingerprint density at radius 3 is 2.93 bits per heavy atom. The van der Waals surface area contributed by atoms with Crippen molar-refractivity contribution >= 4 is 11.6 Å². The van der Waals surface area contributed by atoms with Crippen LogP contribution >= 0.6 is 11.6 Å². The van der Waals surface area contributed by atoms with Crippen molar-refractivity contribution < 1.29 is 0 Å². The Morgan fingerprint density at radius 1 is 1.43 bits per heavy atom. The first-order valence-corrected chi connectivity index (χ1v) is 5.32. The van der Waals surface area contributed by atoms with Crippen LogP contribution in [0.15, 0.2) is 24.3 Å². The van der Waals surface area contributed by atoms with Crippen molar-refractivity contribution in [2.75, 3.05) is 26.7 Å². The maximum Gasteiger partial charge on any atom is 0.0484 e. The minimum atomic E-state index is 0.414. The highest BCUT2D eigenvalue weighted by atomic mass is 35.5. The molecule has 76 valence electrons. The third-order valence-electron chi connectivity index (χ3n) is 2.78. The molecule has 0 aliphatic carbocycles. The number of hydrogen-bond acceptors (Lipinski definition) is 2. The van der Waals surface area contributed by atoms with Crippen LogP contribution in [0.5, 0.6) is 0 Å². The fourth-order valence-corrected chi connectivity index (χ4v) is 2.16. The molecule has 1 N–H and O–H groups in total. The van der Waals surface area contributed by atoms with Gasteiger partial charge in [-0.1, -0.05) is 29.8 Å². The highest BCUT2D eigenvalue weighted by molar-refractivity contribution is 6.31. The molecule has 0 unspecified atom stereocenters. The molecule has 0 bridgehead atoms. The van der Waals surface area contributed by atoms with Crippen LogP contribution in [-0.4, -0.2) is 31.6 Å². The van der Waals surface area contributed by atoms with Gasteiger partial charge in [-0.3, -0.25) is 4.90 Å². The average Bonchev–Trinajstić information content (AvgIpc) is 2.20. The summed E-state index contributed by atoms with van der Waals surface area (Å²) < 4.78 is 0. The van der Waals surface area contributed by atoms with Gasteiger partial charge < -0.3 is 5.32 Å². The molecule has 14 heavy (non-hydrogen) atoms. The molecule has 0 aromatic heterocycles.